The molecule has 1 spiro atoms. The number of benzene rings is 1. The van der Waals surface area contributed by atoms with Crippen molar-refractivity contribution < 1.29 is 19.0 Å². The van der Waals surface area contributed by atoms with Gasteiger partial charge in [0.05, 0.1) is 19.3 Å². The molecule has 4 rings (SSSR count). The van der Waals surface area contributed by atoms with E-state index in [1.807, 2.05) is 29.2 Å². The summed E-state index contributed by atoms with van der Waals surface area (Å²) < 4.78 is 17.4. The molecule has 0 aromatic heterocycles. The second-order valence-electron chi connectivity index (χ2n) is 7.14. The van der Waals surface area contributed by atoms with Crippen molar-refractivity contribution in [2.45, 2.75) is 56.6 Å². The lowest BCUT2D eigenvalue weighted by molar-refractivity contribution is -0.154. The molecular formula is C20H25NO4. The van der Waals surface area contributed by atoms with Crippen molar-refractivity contribution in [3.05, 3.63) is 42.5 Å². The summed E-state index contributed by atoms with van der Waals surface area (Å²) in [5.74, 6) is 0.380. The Hall–Kier alpha value is -1.85. The number of nitrogens with zero attached hydrogens (tertiary/aromatic N) is 1. The largest absolute Gasteiger partial charge is 0.490 e. The lowest BCUT2D eigenvalue weighted by atomic mass is 10.1. The molecule has 1 heterocycles. The van der Waals surface area contributed by atoms with Crippen molar-refractivity contribution in [2.24, 2.45) is 0 Å². The smallest absolute Gasteiger partial charge is 0.246 e. The van der Waals surface area contributed by atoms with E-state index in [2.05, 4.69) is 6.58 Å². The van der Waals surface area contributed by atoms with Gasteiger partial charge in [-0.05, 0) is 43.0 Å². The molecule has 1 unspecified atom stereocenters. The molecule has 1 atom stereocenters. The fourth-order valence-corrected chi connectivity index (χ4v) is 3.73. The Kier molecular flexibility index (Phi) is 4.52. The highest BCUT2D eigenvalue weighted by molar-refractivity contribution is 5.87. The fraction of sp³-hybridized carbons (Fsp3) is 0.550. The number of ether oxygens (including phenoxy) is 3. The van der Waals surface area contributed by atoms with Crippen LogP contribution in [0.1, 0.15) is 37.7 Å². The van der Waals surface area contributed by atoms with Gasteiger partial charge in [-0.1, -0.05) is 18.7 Å². The van der Waals surface area contributed by atoms with E-state index in [0.717, 1.165) is 43.4 Å². The molecule has 5 heteroatoms. The molecule has 1 amide bonds. The van der Waals surface area contributed by atoms with Crippen molar-refractivity contribution in [2.75, 3.05) is 13.2 Å². The minimum Gasteiger partial charge on any atom is -0.490 e. The van der Waals surface area contributed by atoms with Gasteiger partial charge >= 0.3 is 0 Å². The first-order valence-electron chi connectivity index (χ1n) is 9.14. The number of carbonyl (C=O) groups excluding carboxylic acids is 1. The van der Waals surface area contributed by atoms with Gasteiger partial charge in [0.25, 0.3) is 0 Å². The van der Waals surface area contributed by atoms with Gasteiger partial charge in [0, 0.05) is 25.4 Å². The van der Waals surface area contributed by atoms with Crippen LogP contribution in [0.4, 0.5) is 0 Å². The Morgan fingerprint density at radius 2 is 1.96 bits per heavy atom. The number of carbonyl (C=O) groups is 1. The maximum atomic E-state index is 12.4. The van der Waals surface area contributed by atoms with E-state index in [0.29, 0.717) is 25.9 Å². The number of amides is 1. The fourth-order valence-electron chi connectivity index (χ4n) is 3.73. The summed E-state index contributed by atoms with van der Waals surface area (Å²) in [5.41, 5.74) is 1.09. The van der Waals surface area contributed by atoms with Gasteiger partial charge in [-0.2, -0.15) is 0 Å². The quantitative estimate of drug-likeness (QED) is 0.745. The summed E-state index contributed by atoms with van der Waals surface area (Å²) in [6, 6.07) is 8.17. The predicted octanol–water partition coefficient (Wildman–Crippen LogP) is 3.04. The van der Waals surface area contributed by atoms with Crippen LogP contribution in [0.3, 0.4) is 0 Å². The molecule has 2 saturated carbocycles. The van der Waals surface area contributed by atoms with Crippen LogP contribution in [-0.4, -0.2) is 42.0 Å². The molecule has 1 aliphatic heterocycles. The van der Waals surface area contributed by atoms with Gasteiger partial charge in [0.1, 0.15) is 5.75 Å². The van der Waals surface area contributed by atoms with Crippen LogP contribution in [-0.2, 0) is 20.8 Å². The standard InChI is InChI=1S/C20H25NO4/c1-2-19(22)21(16-9-10-20(13-16)23-11-12-24-20)14-15-3-5-17(6-4-15)25-18-7-8-18/h2-6,16,18H,1,7-14H2. The molecule has 0 N–H and O–H groups in total. The molecule has 3 fully saturated rings. The van der Waals surface area contributed by atoms with E-state index in [-0.39, 0.29) is 11.9 Å². The lowest BCUT2D eigenvalue weighted by Gasteiger charge is -2.29. The second-order valence-corrected chi connectivity index (χ2v) is 7.14. The van der Waals surface area contributed by atoms with E-state index in [4.69, 9.17) is 14.2 Å². The summed E-state index contributed by atoms with van der Waals surface area (Å²) in [7, 11) is 0. The highest BCUT2D eigenvalue weighted by Crippen LogP contribution is 2.40. The van der Waals surface area contributed by atoms with E-state index in [1.54, 1.807) is 0 Å². The molecule has 2 aliphatic carbocycles. The molecule has 1 saturated heterocycles. The van der Waals surface area contributed by atoms with Gasteiger partial charge in [-0.3, -0.25) is 4.79 Å². The van der Waals surface area contributed by atoms with E-state index in [1.165, 1.54) is 6.08 Å². The average molecular weight is 343 g/mol. The molecule has 0 bridgehead atoms. The average Bonchev–Trinajstić information content (AvgIpc) is 3.18. The number of hydrogen-bond acceptors (Lipinski definition) is 4. The third kappa shape index (κ3) is 3.72. The minimum atomic E-state index is -0.480. The Morgan fingerprint density at radius 3 is 2.60 bits per heavy atom. The highest BCUT2D eigenvalue weighted by Gasteiger charge is 2.46. The third-order valence-corrected chi connectivity index (χ3v) is 5.22. The summed E-state index contributed by atoms with van der Waals surface area (Å²) in [5, 5.41) is 0. The first kappa shape index (κ1) is 16.6. The topological polar surface area (TPSA) is 48.0 Å². The Labute approximate surface area is 148 Å². The van der Waals surface area contributed by atoms with Crippen LogP contribution in [0.15, 0.2) is 36.9 Å². The van der Waals surface area contributed by atoms with Crippen molar-refractivity contribution in [1.82, 2.24) is 4.90 Å². The van der Waals surface area contributed by atoms with Crippen LogP contribution >= 0.6 is 0 Å². The van der Waals surface area contributed by atoms with Crippen molar-refractivity contribution in [3.8, 4) is 5.75 Å². The van der Waals surface area contributed by atoms with E-state index >= 15 is 0 Å². The molecule has 1 aromatic carbocycles. The van der Waals surface area contributed by atoms with Crippen LogP contribution in [0, 0.1) is 0 Å². The minimum absolute atomic E-state index is 0.0432. The molecule has 134 valence electrons. The predicted molar refractivity (Wildman–Crippen MR) is 93.1 cm³/mol. The first-order valence-corrected chi connectivity index (χ1v) is 9.14. The van der Waals surface area contributed by atoms with Crippen LogP contribution in [0.25, 0.3) is 0 Å². The summed E-state index contributed by atoms with van der Waals surface area (Å²) in [4.78, 5) is 14.3. The van der Waals surface area contributed by atoms with Crippen LogP contribution < -0.4 is 4.74 Å². The van der Waals surface area contributed by atoms with Crippen LogP contribution in [0.2, 0.25) is 0 Å². The van der Waals surface area contributed by atoms with Crippen molar-refractivity contribution in [3.63, 3.8) is 0 Å². The van der Waals surface area contributed by atoms with Gasteiger partial charge in [0.15, 0.2) is 5.79 Å². The SMILES string of the molecule is C=CC(=O)N(Cc1ccc(OC2CC2)cc1)C1CCC2(C1)OCCO2. The molecule has 3 aliphatic rings. The van der Waals surface area contributed by atoms with Gasteiger partial charge in [-0.25, -0.2) is 0 Å². The number of hydrogen-bond donors (Lipinski definition) is 0. The molecule has 0 radical (unpaired) electrons. The normalized spacial score (nSPS) is 24.4. The summed E-state index contributed by atoms with van der Waals surface area (Å²) in [6.07, 6.45) is 6.55. The summed E-state index contributed by atoms with van der Waals surface area (Å²) in [6.45, 7) is 5.52. The summed E-state index contributed by atoms with van der Waals surface area (Å²) >= 11 is 0. The van der Waals surface area contributed by atoms with Crippen LogP contribution in [0.5, 0.6) is 5.75 Å². The zero-order chi connectivity index (χ0) is 17.3. The molecule has 25 heavy (non-hydrogen) atoms. The van der Waals surface area contributed by atoms with Crippen molar-refractivity contribution in [1.29, 1.82) is 0 Å². The highest BCUT2D eigenvalue weighted by atomic mass is 16.7. The monoisotopic (exact) mass is 343 g/mol. The Balaban J connectivity index is 1.43. The van der Waals surface area contributed by atoms with Crippen molar-refractivity contribution >= 4 is 5.91 Å². The van der Waals surface area contributed by atoms with Gasteiger partial charge in [-0.15, -0.1) is 0 Å². The molecule has 1 aromatic rings. The maximum absolute atomic E-state index is 12.4. The Bertz CT molecular complexity index is 632. The van der Waals surface area contributed by atoms with Gasteiger partial charge in [0.2, 0.25) is 5.91 Å². The number of rotatable bonds is 6. The Morgan fingerprint density at radius 1 is 1.24 bits per heavy atom. The first-order chi connectivity index (χ1) is 12.2. The second kappa shape index (κ2) is 6.81. The third-order valence-electron chi connectivity index (χ3n) is 5.22. The zero-order valence-electron chi connectivity index (χ0n) is 14.5. The zero-order valence-corrected chi connectivity index (χ0v) is 14.5. The molecule has 5 nitrogen and oxygen atoms in total. The molecular weight excluding hydrogens is 318 g/mol. The van der Waals surface area contributed by atoms with Gasteiger partial charge < -0.3 is 19.1 Å². The van der Waals surface area contributed by atoms with E-state index < -0.39 is 5.79 Å². The lowest BCUT2D eigenvalue weighted by Crippen LogP contribution is -2.39. The van der Waals surface area contributed by atoms with E-state index in [9.17, 15) is 4.79 Å². The maximum Gasteiger partial charge on any atom is 0.246 e.